The van der Waals surface area contributed by atoms with Gasteiger partial charge >= 0.3 is 0 Å². The minimum Gasteiger partial charge on any atom is -0.325 e. The van der Waals surface area contributed by atoms with Gasteiger partial charge in [-0.1, -0.05) is 37.3 Å². The van der Waals surface area contributed by atoms with E-state index in [1.165, 1.54) is 6.08 Å². The summed E-state index contributed by atoms with van der Waals surface area (Å²) in [5.74, 6) is -1.98. The van der Waals surface area contributed by atoms with Crippen LogP contribution >= 0.6 is 0 Å². The van der Waals surface area contributed by atoms with Gasteiger partial charge in [0.05, 0.1) is 5.69 Å². The molecule has 0 aliphatic rings. The average molecular weight is 294 g/mol. The molecule has 2 atom stereocenters. The third kappa shape index (κ3) is 3.67. The topological polar surface area (TPSA) is 59.1 Å². The third-order valence-electron chi connectivity index (χ3n) is 3.37. The average Bonchev–Trinajstić information content (AvgIpc) is 2.56. The number of para-hydroxylation sites is 1. The van der Waals surface area contributed by atoms with Gasteiger partial charge in [-0.25, -0.2) is 0 Å². The normalized spacial score (nSPS) is 13.0. The number of hydrogen-bond donors (Lipinski definition) is 1. The minimum absolute atomic E-state index is 0.220. The number of ketones is 1. The highest BCUT2D eigenvalue weighted by atomic mass is 16.2. The highest BCUT2D eigenvalue weighted by molar-refractivity contribution is 6.12. The van der Waals surface area contributed by atoms with Crippen molar-refractivity contribution in [3.63, 3.8) is 0 Å². The Morgan fingerprint density at radius 1 is 1.14 bits per heavy atom. The predicted octanol–water partition coefficient (Wildman–Crippen LogP) is 3.20. The first kappa shape index (κ1) is 15.6. The standard InChI is InChI=1S/C18H18N2O2/c1-3-13(2)17(21)16(15-11-7-8-12-19-15)18(22)20-14-9-5-4-6-10-14/h3-13,16H,1H2,2H3,(H,20,22). The Kier molecular flexibility index (Phi) is 5.20. The summed E-state index contributed by atoms with van der Waals surface area (Å²) in [6, 6.07) is 14.2. The summed E-state index contributed by atoms with van der Waals surface area (Å²) < 4.78 is 0. The van der Waals surface area contributed by atoms with E-state index in [-0.39, 0.29) is 11.7 Å². The lowest BCUT2D eigenvalue weighted by Crippen LogP contribution is -2.31. The molecule has 22 heavy (non-hydrogen) atoms. The van der Waals surface area contributed by atoms with E-state index in [1.807, 2.05) is 18.2 Å². The van der Waals surface area contributed by atoms with Gasteiger partial charge in [-0.05, 0) is 24.3 Å². The van der Waals surface area contributed by atoms with Crippen LogP contribution in [0.25, 0.3) is 0 Å². The summed E-state index contributed by atoms with van der Waals surface area (Å²) in [6.45, 7) is 5.35. The largest absolute Gasteiger partial charge is 0.325 e. The smallest absolute Gasteiger partial charge is 0.241 e. The van der Waals surface area contributed by atoms with E-state index >= 15 is 0 Å². The van der Waals surface area contributed by atoms with Crippen molar-refractivity contribution in [1.29, 1.82) is 0 Å². The number of hydrogen-bond acceptors (Lipinski definition) is 3. The van der Waals surface area contributed by atoms with Crippen LogP contribution in [-0.4, -0.2) is 16.7 Å². The molecule has 0 spiro atoms. The zero-order valence-corrected chi connectivity index (χ0v) is 12.4. The van der Waals surface area contributed by atoms with Gasteiger partial charge in [-0.2, -0.15) is 0 Å². The van der Waals surface area contributed by atoms with Crippen LogP contribution in [0.2, 0.25) is 0 Å². The lowest BCUT2D eigenvalue weighted by molar-refractivity contribution is -0.129. The van der Waals surface area contributed by atoms with Crippen molar-refractivity contribution < 1.29 is 9.59 Å². The lowest BCUT2D eigenvalue weighted by atomic mass is 9.90. The van der Waals surface area contributed by atoms with Crippen molar-refractivity contribution in [2.24, 2.45) is 5.92 Å². The fourth-order valence-electron chi connectivity index (χ4n) is 2.07. The molecule has 0 fully saturated rings. The van der Waals surface area contributed by atoms with Crippen LogP contribution in [0.15, 0.2) is 67.4 Å². The number of benzene rings is 1. The lowest BCUT2D eigenvalue weighted by Gasteiger charge is -2.17. The van der Waals surface area contributed by atoms with Crippen LogP contribution < -0.4 is 5.32 Å². The second-order valence-corrected chi connectivity index (χ2v) is 4.97. The summed E-state index contributed by atoms with van der Waals surface area (Å²) in [5, 5.41) is 2.77. The number of carbonyl (C=O) groups excluding carboxylic acids is 2. The zero-order valence-electron chi connectivity index (χ0n) is 12.4. The maximum absolute atomic E-state index is 12.6. The first-order valence-corrected chi connectivity index (χ1v) is 7.06. The molecule has 0 aliphatic carbocycles. The van der Waals surface area contributed by atoms with Crippen LogP contribution in [0.1, 0.15) is 18.5 Å². The summed E-state index contributed by atoms with van der Waals surface area (Å²) in [7, 11) is 0. The number of nitrogens with one attached hydrogen (secondary N) is 1. The van der Waals surface area contributed by atoms with E-state index in [9.17, 15) is 9.59 Å². The third-order valence-corrected chi connectivity index (χ3v) is 3.37. The van der Waals surface area contributed by atoms with Gasteiger partial charge in [0.2, 0.25) is 5.91 Å². The molecule has 0 aliphatic heterocycles. The molecular weight excluding hydrogens is 276 g/mol. The molecule has 0 saturated heterocycles. The molecule has 1 aromatic heterocycles. The molecular formula is C18H18N2O2. The molecule has 1 heterocycles. The minimum atomic E-state index is -0.950. The molecule has 4 heteroatoms. The van der Waals surface area contributed by atoms with Crippen LogP contribution in [0, 0.1) is 5.92 Å². The van der Waals surface area contributed by atoms with Crippen molar-refractivity contribution in [1.82, 2.24) is 4.98 Å². The quantitative estimate of drug-likeness (QED) is 0.657. The summed E-state index contributed by atoms with van der Waals surface area (Å²) in [5.41, 5.74) is 1.09. The van der Waals surface area contributed by atoms with Crippen LogP contribution in [0.4, 0.5) is 5.69 Å². The Labute approximate surface area is 129 Å². The molecule has 2 aromatic rings. The van der Waals surface area contributed by atoms with Gasteiger partial charge in [0.15, 0.2) is 5.78 Å². The maximum Gasteiger partial charge on any atom is 0.241 e. The molecule has 2 rings (SSSR count). The molecule has 112 valence electrons. The Morgan fingerprint density at radius 3 is 2.41 bits per heavy atom. The molecule has 2 unspecified atom stereocenters. The molecule has 1 aromatic carbocycles. The number of pyridine rings is 1. The zero-order chi connectivity index (χ0) is 15.9. The first-order chi connectivity index (χ1) is 10.6. The number of amides is 1. The number of anilines is 1. The number of allylic oxidation sites excluding steroid dienone is 1. The molecule has 0 radical (unpaired) electrons. The number of rotatable bonds is 6. The fourth-order valence-corrected chi connectivity index (χ4v) is 2.07. The van der Waals surface area contributed by atoms with Gasteiger partial charge in [-0.3, -0.25) is 14.6 Å². The van der Waals surface area contributed by atoms with E-state index in [4.69, 9.17) is 0 Å². The maximum atomic E-state index is 12.6. The molecule has 4 nitrogen and oxygen atoms in total. The summed E-state index contributed by atoms with van der Waals surface area (Å²) >= 11 is 0. The van der Waals surface area contributed by atoms with Crippen LogP contribution in [-0.2, 0) is 9.59 Å². The SMILES string of the molecule is C=CC(C)C(=O)C(C(=O)Nc1ccccc1)c1ccccn1. The van der Waals surface area contributed by atoms with E-state index < -0.39 is 11.8 Å². The summed E-state index contributed by atoms with van der Waals surface area (Å²) in [6.07, 6.45) is 3.11. The summed E-state index contributed by atoms with van der Waals surface area (Å²) in [4.78, 5) is 29.3. The van der Waals surface area contributed by atoms with Gasteiger partial charge in [0.1, 0.15) is 5.92 Å². The molecule has 0 bridgehead atoms. The van der Waals surface area contributed by atoms with Gasteiger partial charge in [0, 0.05) is 17.8 Å². The number of Topliss-reactive ketones (excluding diaryl/α,β-unsaturated/α-hetero) is 1. The molecule has 0 saturated carbocycles. The Balaban J connectivity index is 2.30. The Bertz CT molecular complexity index is 653. The Hall–Kier alpha value is -2.75. The van der Waals surface area contributed by atoms with Crippen molar-refractivity contribution in [3.05, 3.63) is 73.1 Å². The second-order valence-electron chi connectivity index (χ2n) is 4.97. The van der Waals surface area contributed by atoms with Crippen molar-refractivity contribution in [2.45, 2.75) is 12.8 Å². The monoisotopic (exact) mass is 294 g/mol. The van der Waals surface area contributed by atoms with E-state index in [0.29, 0.717) is 11.4 Å². The van der Waals surface area contributed by atoms with Gasteiger partial charge in [-0.15, -0.1) is 6.58 Å². The Morgan fingerprint density at radius 2 is 1.82 bits per heavy atom. The van der Waals surface area contributed by atoms with Crippen molar-refractivity contribution >= 4 is 17.4 Å². The number of carbonyl (C=O) groups is 2. The van der Waals surface area contributed by atoms with E-state index in [0.717, 1.165) is 0 Å². The van der Waals surface area contributed by atoms with Gasteiger partial charge in [0.25, 0.3) is 0 Å². The van der Waals surface area contributed by atoms with E-state index in [2.05, 4.69) is 16.9 Å². The molecule has 1 amide bonds. The highest BCUT2D eigenvalue weighted by Crippen LogP contribution is 2.21. The van der Waals surface area contributed by atoms with Gasteiger partial charge < -0.3 is 5.32 Å². The first-order valence-electron chi connectivity index (χ1n) is 7.06. The predicted molar refractivity (Wildman–Crippen MR) is 86.4 cm³/mol. The fraction of sp³-hybridized carbons (Fsp3) is 0.167. The highest BCUT2D eigenvalue weighted by Gasteiger charge is 2.31. The molecule has 1 N–H and O–H groups in total. The number of nitrogens with zero attached hydrogens (tertiary/aromatic N) is 1. The van der Waals surface area contributed by atoms with Crippen molar-refractivity contribution in [2.75, 3.05) is 5.32 Å². The van der Waals surface area contributed by atoms with Crippen LogP contribution in [0.5, 0.6) is 0 Å². The second kappa shape index (κ2) is 7.31. The van der Waals surface area contributed by atoms with Crippen LogP contribution in [0.3, 0.4) is 0 Å². The van der Waals surface area contributed by atoms with E-state index in [1.54, 1.807) is 43.5 Å². The van der Waals surface area contributed by atoms with Crippen molar-refractivity contribution in [3.8, 4) is 0 Å². The number of aromatic nitrogens is 1.